The largest absolute Gasteiger partial charge is 0.466 e. The lowest BCUT2D eigenvalue weighted by Gasteiger charge is -2.39. The summed E-state index contributed by atoms with van der Waals surface area (Å²) in [6.45, 7) is 0. The van der Waals surface area contributed by atoms with Crippen LogP contribution in [0.3, 0.4) is 0 Å². The van der Waals surface area contributed by atoms with Gasteiger partial charge in [-0.05, 0) is 25.7 Å². The van der Waals surface area contributed by atoms with E-state index < -0.39 is 11.9 Å². The molecule has 0 saturated heterocycles. The standard InChI is InChI=1S/C17H20O4/c1-20-16(18)14-12-8-10-6-4-3-5-7-11(9-12)13(10)15(14)17(19)21-2/h8-9,12-13H,3-7H2,1-2H3. The molecule has 0 aromatic heterocycles. The van der Waals surface area contributed by atoms with Crippen molar-refractivity contribution in [2.45, 2.75) is 32.1 Å². The molecule has 4 rings (SSSR count). The van der Waals surface area contributed by atoms with Gasteiger partial charge in [0, 0.05) is 11.8 Å². The third-order valence-electron chi connectivity index (χ3n) is 4.68. The third kappa shape index (κ3) is 2.23. The van der Waals surface area contributed by atoms with Crippen LogP contribution in [0.4, 0.5) is 0 Å². The van der Waals surface area contributed by atoms with Gasteiger partial charge in [0.1, 0.15) is 0 Å². The van der Waals surface area contributed by atoms with Crippen molar-refractivity contribution in [2.24, 2.45) is 11.8 Å². The van der Waals surface area contributed by atoms with Crippen LogP contribution in [0, 0.1) is 11.8 Å². The molecule has 0 N–H and O–H groups in total. The molecule has 1 saturated carbocycles. The van der Waals surface area contributed by atoms with Crippen LogP contribution in [0.1, 0.15) is 32.1 Å². The van der Waals surface area contributed by atoms with Crippen LogP contribution in [0.15, 0.2) is 34.4 Å². The van der Waals surface area contributed by atoms with Gasteiger partial charge in [-0.2, -0.15) is 0 Å². The van der Waals surface area contributed by atoms with Crippen molar-refractivity contribution in [1.82, 2.24) is 0 Å². The molecule has 4 heteroatoms. The van der Waals surface area contributed by atoms with Crippen LogP contribution < -0.4 is 0 Å². The van der Waals surface area contributed by atoms with Crippen LogP contribution in [0.25, 0.3) is 0 Å². The van der Waals surface area contributed by atoms with Gasteiger partial charge in [0.15, 0.2) is 0 Å². The minimum Gasteiger partial charge on any atom is -0.466 e. The van der Waals surface area contributed by atoms with E-state index in [0.717, 1.165) is 25.7 Å². The van der Waals surface area contributed by atoms with Crippen LogP contribution in [-0.2, 0) is 19.1 Å². The number of methoxy groups -OCH3 is 2. The van der Waals surface area contributed by atoms with Crippen LogP contribution in [0.2, 0.25) is 0 Å². The summed E-state index contributed by atoms with van der Waals surface area (Å²) >= 11 is 0. The fourth-order valence-electron chi connectivity index (χ4n) is 3.80. The van der Waals surface area contributed by atoms with Crippen LogP contribution in [-0.4, -0.2) is 26.2 Å². The zero-order valence-corrected chi connectivity index (χ0v) is 12.5. The highest BCUT2D eigenvalue weighted by Crippen LogP contribution is 2.49. The summed E-state index contributed by atoms with van der Waals surface area (Å²) in [6.07, 6.45) is 9.76. The monoisotopic (exact) mass is 288 g/mol. The smallest absolute Gasteiger partial charge is 0.335 e. The Balaban J connectivity index is 2.09. The maximum Gasteiger partial charge on any atom is 0.335 e. The first-order valence-corrected chi connectivity index (χ1v) is 7.49. The zero-order chi connectivity index (χ0) is 15.0. The summed E-state index contributed by atoms with van der Waals surface area (Å²) in [7, 11) is 2.72. The van der Waals surface area contributed by atoms with Gasteiger partial charge in [-0.25, -0.2) is 9.59 Å². The average molecular weight is 288 g/mol. The van der Waals surface area contributed by atoms with Gasteiger partial charge in [0.2, 0.25) is 0 Å². The van der Waals surface area contributed by atoms with E-state index in [1.165, 1.54) is 31.8 Å². The maximum absolute atomic E-state index is 12.3. The van der Waals surface area contributed by atoms with Gasteiger partial charge in [0.25, 0.3) is 0 Å². The van der Waals surface area contributed by atoms with Crippen molar-refractivity contribution < 1.29 is 19.1 Å². The highest BCUT2D eigenvalue weighted by molar-refractivity contribution is 6.03. The predicted octanol–water partition coefficient (Wildman–Crippen LogP) is 2.71. The first-order chi connectivity index (χ1) is 10.2. The lowest BCUT2D eigenvalue weighted by atomic mass is 9.65. The molecule has 0 aromatic rings. The Morgan fingerprint density at radius 1 is 0.905 bits per heavy atom. The lowest BCUT2D eigenvalue weighted by Crippen LogP contribution is -2.34. The normalized spacial score (nSPS) is 27.3. The molecule has 112 valence electrons. The van der Waals surface area contributed by atoms with Crippen molar-refractivity contribution in [3.63, 3.8) is 0 Å². The van der Waals surface area contributed by atoms with Crippen molar-refractivity contribution in [3.05, 3.63) is 34.4 Å². The van der Waals surface area contributed by atoms with Gasteiger partial charge in [-0.1, -0.05) is 29.7 Å². The Hall–Kier alpha value is -1.84. The zero-order valence-electron chi connectivity index (χ0n) is 12.5. The number of hydrogen-bond donors (Lipinski definition) is 0. The molecule has 21 heavy (non-hydrogen) atoms. The number of hydrogen-bond acceptors (Lipinski definition) is 4. The van der Waals surface area contributed by atoms with Gasteiger partial charge < -0.3 is 9.47 Å². The molecule has 1 fully saturated rings. The molecule has 0 atom stereocenters. The first-order valence-electron chi connectivity index (χ1n) is 7.49. The Kier molecular flexibility index (Phi) is 3.70. The van der Waals surface area contributed by atoms with E-state index >= 15 is 0 Å². The van der Waals surface area contributed by atoms with Crippen molar-refractivity contribution in [1.29, 1.82) is 0 Å². The number of esters is 2. The number of rotatable bonds is 2. The minimum absolute atomic E-state index is 0.0724. The van der Waals surface area contributed by atoms with E-state index in [0.29, 0.717) is 11.1 Å². The SMILES string of the molecule is COC(=O)C1=C(C(=O)OC)C2C3=CC1C=C2CCCCC3. The molecule has 4 bridgehead atoms. The van der Waals surface area contributed by atoms with Crippen molar-refractivity contribution >= 4 is 11.9 Å². The summed E-state index contributed by atoms with van der Waals surface area (Å²) < 4.78 is 9.83. The van der Waals surface area contributed by atoms with Crippen LogP contribution in [0.5, 0.6) is 0 Å². The predicted molar refractivity (Wildman–Crippen MR) is 77.3 cm³/mol. The van der Waals surface area contributed by atoms with Gasteiger partial charge in [0.05, 0.1) is 25.4 Å². The molecule has 4 nitrogen and oxygen atoms in total. The van der Waals surface area contributed by atoms with Crippen LogP contribution >= 0.6 is 0 Å². The quantitative estimate of drug-likeness (QED) is 0.579. The number of carbonyl (C=O) groups excluding carboxylic acids is 2. The molecule has 4 aliphatic rings. The fourth-order valence-corrected chi connectivity index (χ4v) is 3.80. The minimum atomic E-state index is -0.423. The molecule has 0 heterocycles. The average Bonchev–Trinajstić information content (AvgIpc) is 2.51. The molecule has 0 radical (unpaired) electrons. The topological polar surface area (TPSA) is 52.6 Å². The Labute approximate surface area is 124 Å². The van der Waals surface area contributed by atoms with E-state index in [4.69, 9.17) is 9.47 Å². The highest BCUT2D eigenvalue weighted by Gasteiger charge is 2.43. The van der Waals surface area contributed by atoms with E-state index in [9.17, 15) is 9.59 Å². The molecule has 0 unspecified atom stereocenters. The molecule has 0 aliphatic heterocycles. The van der Waals surface area contributed by atoms with Crippen molar-refractivity contribution in [2.75, 3.05) is 14.2 Å². The van der Waals surface area contributed by atoms with E-state index in [-0.39, 0.29) is 11.8 Å². The summed E-state index contributed by atoms with van der Waals surface area (Å²) in [5.41, 5.74) is 3.50. The second-order valence-corrected chi connectivity index (χ2v) is 5.81. The molecular formula is C17H20O4. The molecular weight excluding hydrogens is 268 g/mol. The van der Waals surface area contributed by atoms with E-state index in [1.807, 2.05) is 0 Å². The summed E-state index contributed by atoms with van der Waals surface area (Å²) in [6, 6.07) is 0. The molecule has 0 aromatic carbocycles. The number of allylic oxidation sites excluding steroid dienone is 4. The Bertz CT molecular complexity index is 556. The highest BCUT2D eigenvalue weighted by atomic mass is 16.5. The lowest BCUT2D eigenvalue weighted by molar-refractivity contribution is -0.140. The van der Waals surface area contributed by atoms with Crippen molar-refractivity contribution in [3.8, 4) is 0 Å². The number of ether oxygens (including phenoxy) is 2. The first kappa shape index (κ1) is 14.1. The summed E-state index contributed by atoms with van der Waals surface area (Å²) in [5.74, 6) is -1.04. The van der Waals surface area contributed by atoms with E-state index in [1.54, 1.807) is 0 Å². The maximum atomic E-state index is 12.3. The molecule has 0 amide bonds. The van der Waals surface area contributed by atoms with Gasteiger partial charge in [-0.15, -0.1) is 0 Å². The van der Waals surface area contributed by atoms with Gasteiger partial charge in [-0.3, -0.25) is 0 Å². The Morgan fingerprint density at radius 2 is 1.43 bits per heavy atom. The molecule has 4 aliphatic carbocycles. The number of carbonyl (C=O) groups is 2. The second-order valence-electron chi connectivity index (χ2n) is 5.81. The molecule has 0 spiro atoms. The summed E-state index contributed by atoms with van der Waals surface area (Å²) in [5, 5.41) is 0. The Morgan fingerprint density at radius 3 is 1.95 bits per heavy atom. The fraction of sp³-hybridized carbons (Fsp3) is 0.529. The second kappa shape index (κ2) is 5.51. The third-order valence-corrected chi connectivity index (χ3v) is 4.68. The van der Waals surface area contributed by atoms with Gasteiger partial charge >= 0.3 is 11.9 Å². The van der Waals surface area contributed by atoms with E-state index in [2.05, 4.69) is 12.2 Å². The summed E-state index contributed by atoms with van der Waals surface area (Å²) in [4.78, 5) is 24.4.